The minimum Gasteiger partial charge on any atom is -0.384 e. The van der Waals surface area contributed by atoms with Gasteiger partial charge in [-0.25, -0.2) is 4.98 Å². The van der Waals surface area contributed by atoms with E-state index in [-0.39, 0.29) is 0 Å². The predicted molar refractivity (Wildman–Crippen MR) is 68.2 cm³/mol. The van der Waals surface area contributed by atoms with Crippen LogP contribution in [0, 0.1) is 11.8 Å². The van der Waals surface area contributed by atoms with Gasteiger partial charge in [0.05, 0.1) is 11.9 Å². The Balaban J connectivity index is 1.98. The Morgan fingerprint density at radius 1 is 1.44 bits per heavy atom. The average Bonchev–Trinajstić information content (AvgIpc) is 2.63. The molecule has 3 unspecified atom stereocenters. The summed E-state index contributed by atoms with van der Waals surface area (Å²) in [5.41, 5.74) is 6.65. The van der Waals surface area contributed by atoms with Crippen molar-refractivity contribution in [2.75, 3.05) is 11.1 Å². The average molecular weight is 219 g/mol. The number of nitrogens with zero attached hydrogens (tertiary/aromatic N) is 1. The molecule has 0 spiro atoms. The van der Waals surface area contributed by atoms with Gasteiger partial charge >= 0.3 is 0 Å². The Kier molecular flexibility index (Phi) is 3.32. The maximum atomic E-state index is 5.57. The van der Waals surface area contributed by atoms with Crippen molar-refractivity contribution in [2.45, 2.75) is 39.2 Å². The molecule has 1 aliphatic carbocycles. The molecule has 1 aromatic heterocycles. The van der Waals surface area contributed by atoms with Crippen LogP contribution in [0.5, 0.6) is 0 Å². The van der Waals surface area contributed by atoms with Crippen LogP contribution in [0.15, 0.2) is 18.3 Å². The zero-order chi connectivity index (χ0) is 11.5. The maximum absolute atomic E-state index is 5.57. The third-order valence-electron chi connectivity index (χ3n) is 3.89. The quantitative estimate of drug-likeness (QED) is 0.821. The number of rotatable bonds is 3. The largest absolute Gasteiger partial charge is 0.384 e. The number of pyridine rings is 1. The second kappa shape index (κ2) is 4.73. The van der Waals surface area contributed by atoms with E-state index >= 15 is 0 Å². The molecule has 3 N–H and O–H groups in total. The first-order valence-corrected chi connectivity index (χ1v) is 6.18. The van der Waals surface area contributed by atoms with Crippen molar-refractivity contribution in [1.82, 2.24) is 4.98 Å². The van der Waals surface area contributed by atoms with Crippen LogP contribution < -0.4 is 11.1 Å². The zero-order valence-electron chi connectivity index (χ0n) is 10.1. The highest BCUT2D eigenvalue weighted by Crippen LogP contribution is 2.35. The molecule has 2 rings (SSSR count). The number of anilines is 2. The van der Waals surface area contributed by atoms with Crippen molar-refractivity contribution in [1.29, 1.82) is 0 Å². The lowest BCUT2D eigenvalue weighted by molar-refractivity contribution is 0.392. The van der Waals surface area contributed by atoms with Gasteiger partial charge in [-0.2, -0.15) is 0 Å². The van der Waals surface area contributed by atoms with Gasteiger partial charge in [-0.3, -0.25) is 0 Å². The molecule has 0 radical (unpaired) electrons. The molecule has 88 valence electrons. The van der Waals surface area contributed by atoms with Crippen LogP contribution in [0.2, 0.25) is 0 Å². The predicted octanol–water partition coefficient (Wildman–Crippen LogP) is 2.90. The third-order valence-corrected chi connectivity index (χ3v) is 3.89. The number of nitrogens with one attached hydrogen (secondary N) is 1. The Hall–Kier alpha value is -1.25. The lowest BCUT2D eigenvalue weighted by Crippen LogP contribution is -2.24. The molecule has 0 aromatic carbocycles. The van der Waals surface area contributed by atoms with Crippen LogP contribution in [0.4, 0.5) is 11.5 Å². The third kappa shape index (κ3) is 2.29. The van der Waals surface area contributed by atoms with Crippen molar-refractivity contribution in [2.24, 2.45) is 11.8 Å². The summed E-state index contributed by atoms with van der Waals surface area (Å²) in [6.07, 6.45) is 5.72. The molecule has 1 aromatic rings. The fourth-order valence-electron chi connectivity index (χ4n) is 2.73. The number of hydrogen-bond donors (Lipinski definition) is 2. The molecule has 3 heteroatoms. The molecule has 0 bridgehead atoms. The zero-order valence-corrected chi connectivity index (χ0v) is 10.1. The molecule has 0 amide bonds. The van der Waals surface area contributed by atoms with Crippen LogP contribution >= 0.6 is 0 Å². The highest BCUT2D eigenvalue weighted by Gasteiger charge is 2.31. The molecular formula is C13H21N3. The Labute approximate surface area is 97.5 Å². The minimum atomic E-state index is 0.580. The van der Waals surface area contributed by atoms with Gasteiger partial charge in [0.2, 0.25) is 0 Å². The highest BCUT2D eigenvalue weighted by molar-refractivity contribution is 5.46. The van der Waals surface area contributed by atoms with Crippen molar-refractivity contribution >= 4 is 11.5 Å². The van der Waals surface area contributed by atoms with Gasteiger partial charge in [0.25, 0.3) is 0 Å². The number of nitrogens with two attached hydrogens (primary N) is 1. The fraction of sp³-hybridized carbons (Fsp3) is 0.615. The van der Waals surface area contributed by atoms with E-state index in [1.54, 1.807) is 0 Å². The van der Waals surface area contributed by atoms with Crippen LogP contribution in [-0.2, 0) is 0 Å². The summed E-state index contributed by atoms with van der Waals surface area (Å²) in [5, 5.41) is 3.56. The van der Waals surface area contributed by atoms with Gasteiger partial charge in [-0.15, -0.1) is 0 Å². The molecule has 0 saturated heterocycles. The Bertz CT molecular complexity index is 334. The van der Waals surface area contributed by atoms with E-state index in [1.165, 1.54) is 19.3 Å². The van der Waals surface area contributed by atoms with Crippen molar-refractivity contribution < 1.29 is 0 Å². The summed E-state index contributed by atoms with van der Waals surface area (Å²) in [4.78, 5) is 4.10. The molecule has 16 heavy (non-hydrogen) atoms. The minimum absolute atomic E-state index is 0.580. The molecule has 0 aliphatic heterocycles. The van der Waals surface area contributed by atoms with Crippen LogP contribution in [0.1, 0.15) is 33.1 Å². The molecular weight excluding hydrogens is 198 g/mol. The van der Waals surface area contributed by atoms with E-state index < -0.39 is 0 Å². The molecule has 1 aliphatic rings. The number of hydrogen-bond acceptors (Lipinski definition) is 3. The standard InChI is InChI=1S/C13H21N3/c1-3-10-4-6-12(9(10)2)16-11-5-7-13(14)15-8-11/h5,7-10,12,16H,3-4,6H2,1-2H3,(H2,14,15). The van der Waals surface area contributed by atoms with E-state index in [0.717, 1.165) is 17.5 Å². The van der Waals surface area contributed by atoms with E-state index in [0.29, 0.717) is 11.9 Å². The molecule has 3 atom stereocenters. The number of nitrogen functional groups attached to an aromatic ring is 1. The Morgan fingerprint density at radius 3 is 2.81 bits per heavy atom. The number of aromatic nitrogens is 1. The highest BCUT2D eigenvalue weighted by atomic mass is 15.0. The SMILES string of the molecule is CCC1CCC(Nc2ccc(N)nc2)C1C. The monoisotopic (exact) mass is 219 g/mol. The van der Waals surface area contributed by atoms with E-state index in [4.69, 9.17) is 5.73 Å². The molecule has 1 fully saturated rings. The molecule has 1 heterocycles. The van der Waals surface area contributed by atoms with E-state index in [2.05, 4.69) is 24.1 Å². The lowest BCUT2D eigenvalue weighted by atomic mass is 9.93. The van der Waals surface area contributed by atoms with E-state index in [9.17, 15) is 0 Å². The maximum Gasteiger partial charge on any atom is 0.123 e. The van der Waals surface area contributed by atoms with Gasteiger partial charge in [-0.1, -0.05) is 20.3 Å². The summed E-state index contributed by atoms with van der Waals surface area (Å²) in [7, 11) is 0. The van der Waals surface area contributed by atoms with Crippen LogP contribution in [0.25, 0.3) is 0 Å². The topological polar surface area (TPSA) is 50.9 Å². The van der Waals surface area contributed by atoms with Crippen LogP contribution in [0.3, 0.4) is 0 Å². The van der Waals surface area contributed by atoms with Gasteiger partial charge in [-0.05, 0) is 36.8 Å². The smallest absolute Gasteiger partial charge is 0.123 e. The lowest BCUT2D eigenvalue weighted by Gasteiger charge is -2.21. The first-order chi connectivity index (χ1) is 7.70. The van der Waals surface area contributed by atoms with Gasteiger partial charge in [0.15, 0.2) is 0 Å². The summed E-state index contributed by atoms with van der Waals surface area (Å²) in [6.45, 7) is 4.64. The second-order valence-electron chi connectivity index (χ2n) is 4.83. The Morgan fingerprint density at radius 2 is 2.25 bits per heavy atom. The summed E-state index contributed by atoms with van der Waals surface area (Å²) in [5.74, 6) is 2.21. The second-order valence-corrected chi connectivity index (χ2v) is 4.83. The van der Waals surface area contributed by atoms with Crippen LogP contribution in [-0.4, -0.2) is 11.0 Å². The van der Waals surface area contributed by atoms with Gasteiger partial charge < -0.3 is 11.1 Å². The summed E-state index contributed by atoms with van der Waals surface area (Å²) in [6, 6.07) is 4.45. The van der Waals surface area contributed by atoms with Crippen molar-refractivity contribution in [3.63, 3.8) is 0 Å². The van der Waals surface area contributed by atoms with Gasteiger partial charge in [0, 0.05) is 6.04 Å². The summed E-state index contributed by atoms with van der Waals surface area (Å²) < 4.78 is 0. The first-order valence-electron chi connectivity index (χ1n) is 6.18. The van der Waals surface area contributed by atoms with Crippen molar-refractivity contribution in [3.8, 4) is 0 Å². The normalized spacial score (nSPS) is 29.2. The summed E-state index contributed by atoms with van der Waals surface area (Å²) >= 11 is 0. The first kappa shape index (κ1) is 11.2. The van der Waals surface area contributed by atoms with Gasteiger partial charge in [0.1, 0.15) is 5.82 Å². The molecule has 1 saturated carbocycles. The molecule has 3 nitrogen and oxygen atoms in total. The van der Waals surface area contributed by atoms with E-state index in [1.807, 2.05) is 18.3 Å². The van der Waals surface area contributed by atoms with Crippen molar-refractivity contribution in [3.05, 3.63) is 18.3 Å². The fourth-order valence-corrected chi connectivity index (χ4v) is 2.73.